The molecule has 162 valence electrons. The maximum atomic E-state index is 12.9. The summed E-state index contributed by atoms with van der Waals surface area (Å²) in [6, 6.07) is 14.7. The van der Waals surface area contributed by atoms with Crippen LogP contribution in [0.5, 0.6) is 5.75 Å². The minimum atomic E-state index is -4.86. The number of carbonyl (C=O) groups excluding carboxylic acids is 1. The standard InChI is InChI=1S/C22H15F3N4O3/c1-29-19(13-6-4-7-14(12-13)32-22(23,24)25)28-18-15(8-5-9-16(18)21(29)31)20(30)27-17-10-2-3-11-26-17/h2-12H,1H3,(H,26,27,30). The van der Waals surface area contributed by atoms with Gasteiger partial charge in [0.05, 0.1) is 16.5 Å². The summed E-state index contributed by atoms with van der Waals surface area (Å²) < 4.78 is 43.0. The average Bonchev–Trinajstić information content (AvgIpc) is 2.75. The van der Waals surface area contributed by atoms with E-state index < -0.39 is 23.6 Å². The number of hydrogen-bond acceptors (Lipinski definition) is 5. The summed E-state index contributed by atoms with van der Waals surface area (Å²) >= 11 is 0. The lowest BCUT2D eigenvalue weighted by Crippen LogP contribution is -2.22. The summed E-state index contributed by atoms with van der Waals surface area (Å²) in [5.74, 6) is -0.593. The molecular weight excluding hydrogens is 425 g/mol. The number of benzene rings is 2. The molecule has 0 saturated heterocycles. The summed E-state index contributed by atoms with van der Waals surface area (Å²) in [6.45, 7) is 0. The maximum absolute atomic E-state index is 12.9. The van der Waals surface area contributed by atoms with Crippen molar-refractivity contribution in [3.8, 4) is 17.1 Å². The highest BCUT2D eigenvalue weighted by Crippen LogP contribution is 2.28. The van der Waals surface area contributed by atoms with Crippen LogP contribution in [-0.2, 0) is 7.05 Å². The quantitative estimate of drug-likeness (QED) is 0.515. The van der Waals surface area contributed by atoms with Gasteiger partial charge in [0, 0.05) is 18.8 Å². The van der Waals surface area contributed by atoms with Crippen LogP contribution in [0.1, 0.15) is 10.4 Å². The number of alkyl halides is 3. The molecule has 1 N–H and O–H groups in total. The molecule has 0 unspecified atom stereocenters. The number of aromatic nitrogens is 3. The van der Waals surface area contributed by atoms with Crippen LogP contribution in [0.4, 0.5) is 19.0 Å². The molecular formula is C22H15F3N4O3. The lowest BCUT2D eigenvalue weighted by Gasteiger charge is -2.13. The first-order valence-corrected chi connectivity index (χ1v) is 9.31. The molecule has 0 aliphatic rings. The van der Waals surface area contributed by atoms with E-state index in [1.165, 1.54) is 42.1 Å². The van der Waals surface area contributed by atoms with Gasteiger partial charge in [-0.25, -0.2) is 9.97 Å². The van der Waals surface area contributed by atoms with Gasteiger partial charge < -0.3 is 10.1 Å². The molecule has 0 saturated carbocycles. The van der Waals surface area contributed by atoms with Crippen molar-refractivity contribution in [1.82, 2.24) is 14.5 Å². The zero-order valence-electron chi connectivity index (χ0n) is 16.6. The Morgan fingerprint density at radius 2 is 1.84 bits per heavy atom. The number of hydrogen-bond donors (Lipinski definition) is 1. The fourth-order valence-electron chi connectivity index (χ4n) is 3.19. The second-order valence-corrected chi connectivity index (χ2v) is 6.75. The number of pyridine rings is 1. The van der Waals surface area contributed by atoms with Crippen LogP contribution in [0.3, 0.4) is 0 Å². The first kappa shape index (κ1) is 21.0. The highest BCUT2D eigenvalue weighted by Gasteiger charge is 2.31. The van der Waals surface area contributed by atoms with Crippen LogP contribution in [0.15, 0.2) is 71.7 Å². The van der Waals surface area contributed by atoms with Crippen LogP contribution in [0.2, 0.25) is 0 Å². The summed E-state index contributed by atoms with van der Waals surface area (Å²) in [7, 11) is 1.45. The zero-order chi connectivity index (χ0) is 22.9. The average molecular weight is 440 g/mol. The van der Waals surface area contributed by atoms with E-state index in [4.69, 9.17) is 0 Å². The second kappa shape index (κ2) is 8.14. The van der Waals surface area contributed by atoms with Gasteiger partial charge in [-0.15, -0.1) is 13.2 Å². The third kappa shape index (κ3) is 4.29. The van der Waals surface area contributed by atoms with Gasteiger partial charge >= 0.3 is 6.36 Å². The Hall–Kier alpha value is -4.21. The smallest absolute Gasteiger partial charge is 0.406 e. The fourth-order valence-corrected chi connectivity index (χ4v) is 3.19. The minimum Gasteiger partial charge on any atom is -0.406 e. The third-order valence-corrected chi connectivity index (χ3v) is 4.58. The van der Waals surface area contributed by atoms with Gasteiger partial charge in [0.1, 0.15) is 17.4 Å². The van der Waals surface area contributed by atoms with Crippen LogP contribution < -0.4 is 15.6 Å². The summed E-state index contributed by atoms with van der Waals surface area (Å²) in [5, 5.41) is 2.82. The first-order valence-electron chi connectivity index (χ1n) is 9.31. The number of halogens is 3. The Balaban J connectivity index is 1.83. The van der Waals surface area contributed by atoms with E-state index in [1.54, 1.807) is 24.3 Å². The molecule has 0 aliphatic carbocycles. The largest absolute Gasteiger partial charge is 0.573 e. The zero-order valence-corrected chi connectivity index (χ0v) is 16.6. The second-order valence-electron chi connectivity index (χ2n) is 6.75. The number of ether oxygens (including phenoxy) is 1. The Morgan fingerprint density at radius 3 is 2.56 bits per heavy atom. The van der Waals surface area contributed by atoms with E-state index >= 15 is 0 Å². The van der Waals surface area contributed by atoms with Crippen LogP contribution in [0.25, 0.3) is 22.3 Å². The molecule has 7 nitrogen and oxygen atoms in total. The molecule has 10 heteroatoms. The number of nitrogens with one attached hydrogen (secondary N) is 1. The Morgan fingerprint density at radius 1 is 1.06 bits per heavy atom. The van der Waals surface area contributed by atoms with Gasteiger partial charge in [0.15, 0.2) is 0 Å². The normalized spacial score (nSPS) is 11.4. The highest BCUT2D eigenvalue weighted by atomic mass is 19.4. The van der Waals surface area contributed by atoms with Gasteiger partial charge in [0.2, 0.25) is 0 Å². The van der Waals surface area contributed by atoms with Crippen molar-refractivity contribution in [3.63, 3.8) is 0 Å². The molecule has 0 atom stereocenters. The Kier molecular flexibility index (Phi) is 5.35. The predicted octanol–water partition coefficient (Wildman–Crippen LogP) is 4.15. The highest BCUT2D eigenvalue weighted by molar-refractivity contribution is 6.11. The monoisotopic (exact) mass is 440 g/mol. The number of para-hydroxylation sites is 1. The van der Waals surface area contributed by atoms with Crippen LogP contribution in [-0.4, -0.2) is 26.8 Å². The number of fused-ring (bicyclic) bond motifs is 1. The number of rotatable bonds is 4. The number of nitrogens with zero attached hydrogens (tertiary/aromatic N) is 3. The number of amides is 1. The molecule has 1 amide bonds. The van der Waals surface area contributed by atoms with Gasteiger partial charge in [-0.2, -0.15) is 0 Å². The lowest BCUT2D eigenvalue weighted by atomic mass is 10.1. The first-order chi connectivity index (χ1) is 15.2. The number of anilines is 1. The molecule has 0 bridgehead atoms. The summed E-state index contributed by atoms with van der Waals surface area (Å²) in [4.78, 5) is 34.3. The van der Waals surface area contributed by atoms with Gasteiger partial charge in [-0.3, -0.25) is 14.2 Å². The van der Waals surface area contributed by atoms with Gasteiger partial charge in [0.25, 0.3) is 11.5 Å². The van der Waals surface area contributed by atoms with E-state index in [0.29, 0.717) is 5.82 Å². The molecule has 0 aliphatic heterocycles. The molecule has 4 aromatic rings. The topological polar surface area (TPSA) is 86.1 Å². The van der Waals surface area contributed by atoms with Crippen LogP contribution in [0, 0.1) is 0 Å². The van der Waals surface area contributed by atoms with E-state index in [1.807, 2.05) is 0 Å². The van der Waals surface area contributed by atoms with E-state index in [2.05, 4.69) is 20.0 Å². The van der Waals surface area contributed by atoms with Crippen molar-refractivity contribution >= 4 is 22.6 Å². The van der Waals surface area contributed by atoms with Crippen molar-refractivity contribution in [1.29, 1.82) is 0 Å². The van der Waals surface area contributed by atoms with Crippen molar-refractivity contribution in [2.45, 2.75) is 6.36 Å². The lowest BCUT2D eigenvalue weighted by molar-refractivity contribution is -0.274. The van der Waals surface area contributed by atoms with E-state index in [9.17, 15) is 22.8 Å². The van der Waals surface area contributed by atoms with E-state index in [0.717, 1.165) is 12.1 Å². The van der Waals surface area contributed by atoms with Crippen molar-refractivity contribution in [2.75, 3.05) is 5.32 Å². The van der Waals surface area contributed by atoms with Crippen LogP contribution >= 0.6 is 0 Å². The van der Waals surface area contributed by atoms with E-state index in [-0.39, 0.29) is 27.9 Å². The Bertz CT molecular complexity index is 1370. The fraction of sp³-hybridized carbons (Fsp3) is 0.0909. The maximum Gasteiger partial charge on any atom is 0.573 e. The summed E-state index contributed by atoms with van der Waals surface area (Å²) in [6.07, 6.45) is -3.35. The SMILES string of the molecule is Cn1c(-c2cccc(OC(F)(F)F)c2)nc2c(C(=O)Nc3ccccn3)cccc2c1=O. The Labute approximate surface area is 179 Å². The molecule has 32 heavy (non-hydrogen) atoms. The predicted molar refractivity (Wildman–Crippen MR) is 111 cm³/mol. The third-order valence-electron chi connectivity index (χ3n) is 4.58. The van der Waals surface area contributed by atoms with Crippen molar-refractivity contribution in [2.24, 2.45) is 7.05 Å². The molecule has 0 spiro atoms. The molecule has 2 aromatic heterocycles. The minimum absolute atomic E-state index is 0.0770. The molecule has 4 rings (SSSR count). The summed E-state index contributed by atoms with van der Waals surface area (Å²) in [5.41, 5.74) is -0.0104. The van der Waals surface area contributed by atoms with Gasteiger partial charge in [-0.05, 0) is 36.4 Å². The van der Waals surface area contributed by atoms with Gasteiger partial charge in [-0.1, -0.05) is 24.3 Å². The molecule has 0 radical (unpaired) electrons. The van der Waals surface area contributed by atoms with Crippen molar-refractivity contribution in [3.05, 3.63) is 82.8 Å². The van der Waals surface area contributed by atoms with Crippen molar-refractivity contribution < 1.29 is 22.7 Å². The number of carbonyl (C=O) groups is 1. The molecule has 2 heterocycles. The molecule has 0 fully saturated rings. The molecule has 2 aromatic carbocycles.